The molecule has 4 heteroatoms. The molecule has 4 nitrogen and oxygen atoms in total. The second-order valence-corrected chi connectivity index (χ2v) is 7.46. The van der Waals surface area contributed by atoms with Crippen molar-refractivity contribution < 1.29 is 9.59 Å². The molecule has 2 amide bonds. The van der Waals surface area contributed by atoms with Crippen molar-refractivity contribution in [3.8, 4) is 0 Å². The number of amides is 2. The third-order valence-electron chi connectivity index (χ3n) is 6.06. The van der Waals surface area contributed by atoms with Gasteiger partial charge in [0.05, 0.1) is 0 Å². The zero-order valence-electron chi connectivity index (χ0n) is 14.0. The average molecular weight is 324 g/mol. The summed E-state index contributed by atoms with van der Waals surface area (Å²) in [5.41, 5.74) is 2.09. The summed E-state index contributed by atoms with van der Waals surface area (Å²) in [6.07, 6.45) is 6.61. The van der Waals surface area contributed by atoms with Gasteiger partial charge < -0.3 is 5.32 Å². The van der Waals surface area contributed by atoms with E-state index in [4.69, 9.17) is 0 Å². The van der Waals surface area contributed by atoms with Crippen LogP contribution in [0, 0.1) is 17.8 Å². The smallest absolute Gasteiger partial charge is 0.259 e. The molecule has 1 aliphatic heterocycles. The lowest BCUT2D eigenvalue weighted by Crippen LogP contribution is -2.37. The van der Waals surface area contributed by atoms with Crippen molar-refractivity contribution >= 4 is 17.5 Å². The van der Waals surface area contributed by atoms with Crippen LogP contribution in [0.1, 0.15) is 48.0 Å². The lowest BCUT2D eigenvalue weighted by molar-refractivity contribution is -0.121. The molecule has 1 N–H and O–H groups in total. The van der Waals surface area contributed by atoms with Crippen LogP contribution in [-0.2, 0) is 4.79 Å². The number of carbonyl (C=O) groups is 2. The maximum atomic E-state index is 12.4. The summed E-state index contributed by atoms with van der Waals surface area (Å²) in [5, 5.41) is 2.99. The fraction of sp³-hybridized carbons (Fsp3) is 0.500. The first-order valence-corrected chi connectivity index (χ1v) is 9.00. The molecule has 3 aliphatic rings. The number of fused-ring (bicyclic) bond motifs is 3. The molecule has 2 bridgehead atoms. The first-order chi connectivity index (χ1) is 11.6. The molecule has 0 saturated heterocycles. The molecule has 4 rings (SSSR count). The Morgan fingerprint density at radius 3 is 2.67 bits per heavy atom. The SMILES string of the molecule is C=C1c2ccccc2C(=O)N1CC(=O)NCC[C@H]1C[C@H]2CC[C@H]1C2. The Labute approximate surface area is 142 Å². The van der Waals surface area contributed by atoms with E-state index in [1.165, 1.54) is 30.6 Å². The molecule has 2 saturated carbocycles. The normalized spacial score (nSPS) is 27.7. The summed E-state index contributed by atoms with van der Waals surface area (Å²) in [6.45, 7) is 4.75. The van der Waals surface area contributed by atoms with Gasteiger partial charge in [0.1, 0.15) is 6.54 Å². The minimum absolute atomic E-state index is 0.0586. The molecular weight excluding hydrogens is 300 g/mol. The third kappa shape index (κ3) is 2.64. The zero-order chi connectivity index (χ0) is 16.7. The first kappa shape index (κ1) is 15.4. The van der Waals surface area contributed by atoms with Crippen LogP contribution < -0.4 is 5.32 Å². The van der Waals surface area contributed by atoms with Crippen LogP contribution in [0.3, 0.4) is 0 Å². The molecule has 2 aliphatic carbocycles. The maximum absolute atomic E-state index is 12.4. The van der Waals surface area contributed by atoms with Crippen LogP contribution in [0.4, 0.5) is 0 Å². The van der Waals surface area contributed by atoms with Crippen LogP contribution >= 0.6 is 0 Å². The number of hydrogen-bond acceptors (Lipinski definition) is 2. The summed E-state index contributed by atoms with van der Waals surface area (Å²) in [5.74, 6) is 2.40. The largest absolute Gasteiger partial charge is 0.355 e. The molecule has 1 aromatic rings. The second-order valence-electron chi connectivity index (χ2n) is 7.46. The molecule has 0 aromatic heterocycles. The van der Waals surface area contributed by atoms with Gasteiger partial charge in [-0.1, -0.05) is 31.2 Å². The summed E-state index contributed by atoms with van der Waals surface area (Å²) in [7, 11) is 0. The van der Waals surface area contributed by atoms with Crippen LogP contribution in [0.25, 0.3) is 5.70 Å². The Balaban J connectivity index is 1.28. The van der Waals surface area contributed by atoms with Gasteiger partial charge in [-0.15, -0.1) is 0 Å². The fourth-order valence-corrected chi connectivity index (χ4v) is 4.83. The van der Waals surface area contributed by atoms with Crippen LogP contribution in [0.5, 0.6) is 0 Å². The Morgan fingerprint density at radius 2 is 2.00 bits per heavy atom. The minimum atomic E-state index is -0.126. The molecule has 126 valence electrons. The Hall–Kier alpha value is -2.10. The van der Waals surface area contributed by atoms with E-state index in [2.05, 4.69) is 11.9 Å². The van der Waals surface area contributed by atoms with Crippen LogP contribution in [0.15, 0.2) is 30.8 Å². The van der Waals surface area contributed by atoms with Crippen LogP contribution in [-0.4, -0.2) is 29.8 Å². The minimum Gasteiger partial charge on any atom is -0.355 e. The van der Waals surface area contributed by atoms with E-state index in [1.54, 1.807) is 6.07 Å². The Morgan fingerprint density at radius 1 is 1.21 bits per heavy atom. The van der Waals surface area contributed by atoms with Gasteiger partial charge >= 0.3 is 0 Å². The van der Waals surface area contributed by atoms with E-state index in [0.717, 1.165) is 29.7 Å². The third-order valence-corrected chi connectivity index (χ3v) is 6.06. The summed E-state index contributed by atoms with van der Waals surface area (Å²) in [6, 6.07) is 7.39. The van der Waals surface area contributed by atoms with Gasteiger partial charge in [0.2, 0.25) is 5.91 Å². The van der Waals surface area contributed by atoms with E-state index in [9.17, 15) is 9.59 Å². The van der Waals surface area contributed by atoms with Crippen molar-refractivity contribution in [2.45, 2.75) is 32.1 Å². The van der Waals surface area contributed by atoms with E-state index < -0.39 is 0 Å². The highest BCUT2D eigenvalue weighted by atomic mass is 16.2. The number of rotatable bonds is 5. The van der Waals surface area contributed by atoms with Gasteiger partial charge in [-0.3, -0.25) is 14.5 Å². The van der Waals surface area contributed by atoms with Gasteiger partial charge in [0, 0.05) is 23.4 Å². The number of benzene rings is 1. The molecule has 3 atom stereocenters. The predicted molar refractivity (Wildman–Crippen MR) is 93.1 cm³/mol. The fourth-order valence-electron chi connectivity index (χ4n) is 4.83. The van der Waals surface area contributed by atoms with Gasteiger partial charge in [0.15, 0.2) is 0 Å². The summed E-state index contributed by atoms with van der Waals surface area (Å²) in [4.78, 5) is 26.1. The number of nitrogens with one attached hydrogen (secondary N) is 1. The van der Waals surface area contributed by atoms with Gasteiger partial charge in [0.25, 0.3) is 5.91 Å². The molecular formula is C20H24N2O2. The quantitative estimate of drug-likeness (QED) is 0.905. The van der Waals surface area contributed by atoms with Crippen molar-refractivity contribution in [3.63, 3.8) is 0 Å². The molecule has 1 heterocycles. The lowest BCUT2D eigenvalue weighted by atomic mass is 9.86. The predicted octanol–water partition coefficient (Wildman–Crippen LogP) is 3.06. The first-order valence-electron chi connectivity index (χ1n) is 9.00. The highest BCUT2D eigenvalue weighted by molar-refractivity contribution is 6.10. The lowest BCUT2D eigenvalue weighted by Gasteiger charge is -2.22. The van der Waals surface area contributed by atoms with Crippen molar-refractivity contribution in [3.05, 3.63) is 42.0 Å². The molecule has 1 aromatic carbocycles. The highest BCUT2D eigenvalue weighted by Crippen LogP contribution is 2.49. The Bertz CT molecular complexity index is 662. The number of nitrogens with zero attached hydrogens (tertiary/aromatic N) is 1. The molecule has 24 heavy (non-hydrogen) atoms. The molecule has 0 unspecified atom stereocenters. The van der Waals surface area contributed by atoms with E-state index in [-0.39, 0.29) is 18.4 Å². The maximum Gasteiger partial charge on any atom is 0.259 e. The zero-order valence-corrected chi connectivity index (χ0v) is 14.0. The van der Waals surface area contributed by atoms with Crippen molar-refractivity contribution in [1.29, 1.82) is 0 Å². The molecule has 0 radical (unpaired) electrons. The summed E-state index contributed by atoms with van der Waals surface area (Å²) >= 11 is 0. The van der Waals surface area contributed by atoms with Crippen molar-refractivity contribution in [2.75, 3.05) is 13.1 Å². The molecule has 2 fully saturated rings. The number of hydrogen-bond donors (Lipinski definition) is 1. The standard InChI is InChI=1S/C20H24N2O2/c1-13-17-4-2-3-5-18(17)20(24)22(13)12-19(23)21-9-8-16-11-14-6-7-15(16)10-14/h2-5,14-16H,1,6-12H2,(H,21,23)/t14-,15-,16-/m0/s1. The molecule has 0 spiro atoms. The van der Waals surface area contributed by atoms with E-state index >= 15 is 0 Å². The van der Waals surface area contributed by atoms with Gasteiger partial charge in [-0.2, -0.15) is 0 Å². The number of carbonyl (C=O) groups excluding carboxylic acids is 2. The van der Waals surface area contributed by atoms with E-state index in [1.807, 2.05) is 18.2 Å². The Kier molecular flexibility index (Phi) is 3.91. The summed E-state index contributed by atoms with van der Waals surface area (Å²) < 4.78 is 0. The second kappa shape index (κ2) is 6.08. The van der Waals surface area contributed by atoms with Gasteiger partial charge in [-0.25, -0.2) is 0 Å². The average Bonchev–Trinajstić information content (AvgIpc) is 3.26. The van der Waals surface area contributed by atoms with E-state index in [0.29, 0.717) is 17.8 Å². The van der Waals surface area contributed by atoms with Crippen molar-refractivity contribution in [2.24, 2.45) is 17.8 Å². The van der Waals surface area contributed by atoms with Gasteiger partial charge in [-0.05, 0) is 49.5 Å². The van der Waals surface area contributed by atoms with Crippen molar-refractivity contribution in [1.82, 2.24) is 10.2 Å². The topological polar surface area (TPSA) is 49.4 Å². The monoisotopic (exact) mass is 324 g/mol. The van der Waals surface area contributed by atoms with Crippen LogP contribution in [0.2, 0.25) is 0 Å². The highest BCUT2D eigenvalue weighted by Gasteiger charge is 2.39.